The second-order valence-corrected chi connectivity index (χ2v) is 6.98. The number of benzene rings is 2. The molecule has 2 aromatic rings. The summed E-state index contributed by atoms with van der Waals surface area (Å²) in [7, 11) is 0. The average Bonchev–Trinajstić information content (AvgIpc) is 2.69. The van der Waals surface area contributed by atoms with Crippen LogP contribution in [0.2, 0.25) is 0 Å². The summed E-state index contributed by atoms with van der Waals surface area (Å²) in [5, 5.41) is 12.3. The number of hydrogen-bond donors (Lipinski definition) is 1. The molecule has 6 heteroatoms. The first kappa shape index (κ1) is 22.1. The minimum Gasteiger partial charge on any atom is -0.490 e. The highest BCUT2D eigenvalue weighted by Gasteiger charge is 2.15. The number of hydrogen-bond acceptors (Lipinski definition) is 4. The van der Waals surface area contributed by atoms with Gasteiger partial charge in [-0.25, -0.2) is 0 Å². The second kappa shape index (κ2) is 10.4. The molecule has 2 rings (SSSR count). The van der Waals surface area contributed by atoms with E-state index in [0.717, 1.165) is 11.1 Å². The fourth-order valence-corrected chi connectivity index (χ4v) is 3.15. The van der Waals surface area contributed by atoms with E-state index in [2.05, 4.69) is 27.2 Å². The zero-order chi connectivity index (χ0) is 21.4. The van der Waals surface area contributed by atoms with Gasteiger partial charge < -0.3 is 14.8 Å². The first-order valence-electron chi connectivity index (χ1n) is 8.93. The maximum Gasteiger partial charge on any atom is 0.266 e. The number of carbonyl (C=O) groups excluding carboxylic acids is 1. The fraction of sp³-hybridized carbons (Fsp3) is 0.217. The number of terminal acetylenes is 1. The largest absolute Gasteiger partial charge is 0.490 e. The topological polar surface area (TPSA) is 71.3 Å². The Bertz CT molecular complexity index is 1030. The van der Waals surface area contributed by atoms with Crippen molar-refractivity contribution in [3.05, 3.63) is 57.1 Å². The lowest BCUT2D eigenvalue weighted by molar-refractivity contribution is -0.112. The molecular formula is C23H21BrN2O3. The quantitative estimate of drug-likeness (QED) is 0.363. The molecule has 0 aromatic heterocycles. The number of nitrogens with one attached hydrogen (secondary N) is 1. The number of nitrogens with zero attached hydrogens (tertiary/aromatic N) is 1. The number of nitriles is 1. The molecule has 0 aliphatic carbocycles. The Morgan fingerprint density at radius 3 is 2.72 bits per heavy atom. The molecule has 0 fully saturated rings. The molecule has 1 amide bonds. The van der Waals surface area contributed by atoms with Gasteiger partial charge in [0.1, 0.15) is 18.2 Å². The van der Waals surface area contributed by atoms with Crippen LogP contribution >= 0.6 is 15.9 Å². The third kappa shape index (κ3) is 5.63. The summed E-state index contributed by atoms with van der Waals surface area (Å²) in [5.74, 6) is 2.87. The highest BCUT2D eigenvalue weighted by atomic mass is 79.9. The molecule has 0 bridgehead atoms. The van der Waals surface area contributed by atoms with Crippen molar-refractivity contribution >= 4 is 33.6 Å². The lowest BCUT2D eigenvalue weighted by Gasteiger charge is -2.13. The van der Waals surface area contributed by atoms with Crippen molar-refractivity contribution in [1.82, 2.24) is 0 Å². The van der Waals surface area contributed by atoms with Gasteiger partial charge in [-0.15, -0.1) is 6.42 Å². The van der Waals surface area contributed by atoms with Crippen molar-refractivity contribution in [1.29, 1.82) is 5.26 Å². The van der Waals surface area contributed by atoms with Crippen LogP contribution in [0.5, 0.6) is 11.5 Å². The van der Waals surface area contributed by atoms with E-state index in [1.54, 1.807) is 18.2 Å². The Labute approximate surface area is 179 Å². The van der Waals surface area contributed by atoms with Gasteiger partial charge in [-0.2, -0.15) is 5.26 Å². The molecule has 0 radical (unpaired) electrons. The summed E-state index contributed by atoms with van der Waals surface area (Å²) in [6.07, 6.45) is 6.76. The average molecular weight is 453 g/mol. The van der Waals surface area contributed by atoms with Gasteiger partial charge in [0.15, 0.2) is 11.5 Å². The van der Waals surface area contributed by atoms with Crippen LogP contribution in [0.3, 0.4) is 0 Å². The van der Waals surface area contributed by atoms with Crippen molar-refractivity contribution < 1.29 is 14.3 Å². The zero-order valence-corrected chi connectivity index (χ0v) is 18.1. The van der Waals surface area contributed by atoms with Crippen LogP contribution in [-0.2, 0) is 4.79 Å². The molecule has 0 unspecified atom stereocenters. The zero-order valence-electron chi connectivity index (χ0n) is 16.5. The van der Waals surface area contributed by atoms with Crippen LogP contribution in [0, 0.1) is 37.5 Å². The minimum atomic E-state index is -0.483. The van der Waals surface area contributed by atoms with E-state index in [0.29, 0.717) is 33.8 Å². The summed E-state index contributed by atoms with van der Waals surface area (Å²) in [5.41, 5.74) is 3.26. The highest BCUT2D eigenvalue weighted by Crippen LogP contribution is 2.37. The maximum absolute atomic E-state index is 12.6. The molecule has 0 saturated heterocycles. The molecular weight excluding hydrogens is 432 g/mol. The molecule has 0 atom stereocenters. The van der Waals surface area contributed by atoms with Crippen LogP contribution in [0.4, 0.5) is 5.69 Å². The molecule has 0 aliphatic heterocycles. The van der Waals surface area contributed by atoms with E-state index in [1.807, 2.05) is 39.0 Å². The van der Waals surface area contributed by atoms with E-state index < -0.39 is 5.91 Å². The Balaban J connectivity index is 2.36. The number of rotatable bonds is 7. The van der Waals surface area contributed by atoms with Crippen LogP contribution in [0.25, 0.3) is 6.08 Å². The number of ether oxygens (including phenoxy) is 2. The Morgan fingerprint density at radius 2 is 2.07 bits per heavy atom. The Morgan fingerprint density at radius 1 is 1.31 bits per heavy atom. The van der Waals surface area contributed by atoms with E-state index in [9.17, 15) is 10.1 Å². The smallest absolute Gasteiger partial charge is 0.266 e. The number of halogens is 1. The fourth-order valence-electron chi connectivity index (χ4n) is 2.58. The summed E-state index contributed by atoms with van der Waals surface area (Å²) < 4.78 is 11.8. The standard InChI is InChI=1S/C23H21BrN2O3/c1-5-10-29-22-19(24)12-17(13-21(22)28-6-2)11-18(14-25)23(27)26-20-9-7-8-15(3)16(20)4/h1,7-9,11-13H,6,10H2,2-4H3,(H,26,27)/b18-11+. The van der Waals surface area contributed by atoms with Crippen molar-refractivity contribution in [2.24, 2.45) is 0 Å². The highest BCUT2D eigenvalue weighted by molar-refractivity contribution is 9.10. The predicted octanol–water partition coefficient (Wildman–Crippen LogP) is 5.02. The molecule has 29 heavy (non-hydrogen) atoms. The van der Waals surface area contributed by atoms with Gasteiger partial charge in [-0.05, 0) is 77.7 Å². The molecule has 0 heterocycles. The second-order valence-electron chi connectivity index (χ2n) is 6.13. The SMILES string of the molecule is C#CCOc1c(Br)cc(/C=C(\C#N)C(=O)Nc2cccc(C)c2C)cc1OCC. The molecule has 5 nitrogen and oxygen atoms in total. The van der Waals surface area contributed by atoms with Gasteiger partial charge in [-0.1, -0.05) is 18.1 Å². The molecule has 1 N–H and O–H groups in total. The summed E-state index contributed by atoms with van der Waals surface area (Å²) in [6, 6.07) is 11.0. The molecule has 148 valence electrons. The van der Waals surface area contributed by atoms with Crippen molar-refractivity contribution in [2.45, 2.75) is 20.8 Å². The van der Waals surface area contributed by atoms with Gasteiger partial charge in [0, 0.05) is 5.69 Å². The van der Waals surface area contributed by atoms with Gasteiger partial charge >= 0.3 is 0 Å². The minimum absolute atomic E-state index is 0.0300. The lowest BCUT2D eigenvalue weighted by atomic mass is 10.1. The lowest BCUT2D eigenvalue weighted by Crippen LogP contribution is -2.14. The van der Waals surface area contributed by atoms with Crippen molar-refractivity contribution in [2.75, 3.05) is 18.5 Å². The molecule has 0 spiro atoms. The molecule has 0 saturated carbocycles. The van der Waals surface area contributed by atoms with Crippen molar-refractivity contribution in [3.63, 3.8) is 0 Å². The Kier molecular flexibility index (Phi) is 7.88. The number of amides is 1. The summed E-state index contributed by atoms with van der Waals surface area (Å²) >= 11 is 3.43. The number of anilines is 1. The van der Waals surface area contributed by atoms with Crippen LogP contribution in [-0.4, -0.2) is 19.1 Å². The number of carbonyl (C=O) groups is 1. The van der Waals surface area contributed by atoms with Crippen LogP contribution < -0.4 is 14.8 Å². The summed E-state index contributed by atoms with van der Waals surface area (Å²) in [6.45, 7) is 6.24. The maximum atomic E-state index is 12.6. The third-order valence-corrected chi connectivity index (χ3v) is 4.75. The summed E-state index contributed by atoms with van der Waals surface area (Å²) in [4.78, 5) is 12.6. The first-order chi connectivity index (χ1) is 13.9. The first-order valence-corrected chi connectivity index (χ1v) is 9.72. The van der Waals surface area contributed by atoms with Gasteiger partial charge in [0.25, 0.3) is 5.91 Å². The van der Waals surface area contributed by atoms with Gasteiger partial charge in [0.2, 0.25) is 0 Å². The predicted molar refractivity (Wildman–Crippen MR) is 118 cm³/mol. The van der Waals surface area contributed by atoms with E-state index in [1.165, 1.54) is 6.08 Å². The van der Waals surface area contributed by atoms with E-state index in [-0.39, 0.29) is 12.2 Å². The van der Waals surface area contributed by atoms with E-state index in [4.69, 9.17) is 15.9 Å². The van der Waals surface area contributed by atoms with Gasteiger partial charge in [0.05, 0.1) is 11.1 Å². The van der Waals surface area contributed by atoms with Crippen LogP contribution in [0.15, 0.2) is 40.4 Å². The number of aryl methyl sites for hydroxylation is 1. The Hall–Kier alpha value is -3.22. The van der Waals surface area contributed by atoms with E-state index >= 15 is 0 Å². The van der Waals surface area contributed by atoms with Gasteiger partial charge in [-0.3, -0.25) is 4.79 Å². The molecule has 2 aromatic carbocycles. The van der Waals surface area contributed by atoms with Crippen LogP contribution in [0.1, 0.15) is 23.6 Å². The third-order valence-electron chi connectivity index (χ3n) is 4.16. The monoisotopic (exact) mass is 452 g/mol. The van der Waals surface area contributed by atoms with Crippen molar-refractivity contribution in [3.8, 4) is 29.9 Å². The molecule has 0 aliphatic rings. The normalized spacial score (nSPS) is 10.6.